The number of imidazole rings is 1. The van der Waals surface area contributed by atoms with Gasteiger partial charge in [-0.05, 0) is 44.2 Å². The van der Waals surface area contributed by atoms with Crippen molar-refractivity contribution >= 4 is 33.6 Å². The van der Waals surface area contributed by atoms with Crippen molar-refractivity contribution in [1.82, 2.24) is 19.4 Å². The molecule has 0 aliphatic heterocycles. The predicted octanol–water partition coefficient (Wildman–Crippen LogP) is 4.17. The van der Waals surface area contributed by atoms with Crippen LogP contribution < -0.4 is 5.73 Å². The first-order valence-electron chi connectivity index (χ1n) is 11.3. The van der Waals surface area contributed by atoms with Crippen molar-refractivity contribution < 1.29 is 9.59 Å². The molecular formula is C26H27N5O2. The molecule has 0 bridgehead atoms. The molecule has 1 aliphatic carbocycles. The fraction of sp³-hybridized carbons (Fsp3) is 0.308. The van der Waals surface area contributed by atoms with Crippen LogP contribution in [0.3, 0.4) is 0 Å². The summed E-state index contributed by atoms with van der Waals surface area (Å²) in [7, 11) is 1.85. The first kappa shape index (κ1) is 21.1. The maximum Gasteiger partial charge on any atom is 0.250 e. The van der Waals surface area contributed by atoms with Crippen molar-refractivity contribution in [3.05, 3.63) is 60.4 Å². The summed E-state index contributed by atoms with van der Waals surface area (Å²) in [6.07, 6.45) is 5.04. The van der Waals surface area contributed by atoms with Crippen molar-refractivity contribution in [2.45, 2.75) is 38.8 Å². The Balaban J connectivity index is 1.66. The quantitative estimate of drug-likeness (QED) is 0.503. The van der Waals surface area contributed by atoms with Gasteiger partial charge in [0.15, 0.2) is 0 Å². The Morgan fingerprint density at radius 2 is 1.85 bits per heavy atom. The summed E-state index contributed by atoms with van der Waals surface area (Å²) < 4.78 is 2.11. The minimum absolute atomic E-state index is 0.0407. The maximum absolute atomic E-state index is 12.9. The van der Waals surface area contributed by atoms with E-state index in [4.69, 9.17) is 10.7 Å². The molecule has 2 aromatic carbocycles. The zero-order valence-corrected chi connectivity index (χ0v) is 19.0. The second-order valence-electron chi connectivity index (χ2n) is 9.12. The number of para-hydroxylation sites is 1. The summed E-state index contributed by atoms with van der Waals surface area (Å²) in [5, 5.41) is 2.06. The normalized spacial score (nSPS) is 17.9. The van der Waals surface area contributed by atoms with Crippen LogP contribution in [0.15, 0.2) is 54.9 Å². The predicted molar refractivity (Wildman–Crippen MR) is 129 cm³/mol. The molecule has 2 amide bonds. The summed E-state index contributed by atoms with van der Waals surface area (Å²) in [5.74, 6) is 0.375. The first-order chi connectivity index (χ1) is 15.9. The Labute approximate surface area is 192 Å². The van der Waals surface area contributed by atoms with Crippen LogP contribution in [0.2, 0.25) is 0 Å². The number of hydrogen-bond acceptors (Lipinski definition) is 4. The highest BCUT2D eigenvalue weighted by Gasteiger charge is 2.39. The van der Waals surface area contributed by atoms with E-state index in [1.165, 1.54) is 0 Å². The zero-order chi connectivity index (χ0) is 23.3. The number of fused-ring (bicyclic) bond motifs is 2. The lowest BCUT2D eigenvalue weighted by Crippen LogP contribution is -2.43. The minimum atomic E-state index is -0.490. The molecule has 7 nitrogen and oxygen atoms in total. The van der Waals surface area contributed by atoms with E-state index in [0.29, 0.717) is 23.9 Å². The highest BCUT2D eigenvalue weighted by molar-refractivity contribution is 6.06. The van der Waals surface area contributed by atoms with Gasteiger partial charge in [-0.3, -0.25) is 14.6 Å². The van der Waals surface area contributed by atoms with Crippen LogP contribution in [0.1, 0.15) is 43.1 Å². The van der Waals surface area contributed by atoms with Gasteiger partial charge in [-0.2, -0.15) is 0 Å². The Hall–Kier alpha value is -3.74. The standard InChI is InChI=1S/C26H27N5O2/c1-15(2)30(3)26(33)17-11-18(12-17)31-23-20(24(27)32)9-6-10-22(23)29-25(31)21-14-28-13-16-7-4-5-8-19(16)21/h4-10,13-15,17-18H,11-12H2,1-3H3,(H2,27,32). The van der Waals surface area contributed by atoms with Gasteiger partial charge in [-0.25, -0.2) is 4.98 Å². The third-order valence-electron chi connectivity index (χ3n) is 6.83. The third kappa shape index (κ3) is 3.44. The molecule has 0 radical (unpaired) electrons. The van der Waals surface area contributed by atoms with E-state index in [-0.39, 0.29) is 23.9 Å². The SMILES string of the molecule is CC(C)N(C)C(=O)C1CC(n2c(-c3cncc4ccccc34)nc3cccc(C(N)=O)c32)C1. The average Bonchev–Trinajstić information content (AvgIpc) is 3.16. The van der Waals surface area contributed by atoms with E-state index < -0.39 is 5.91 Å². The number of rotatable bonds is 5. The number of carbonyl (C=O) groups is 2. The summed E-state index contributed by atoms with van der Waals surface area (Å²) in [6, 6.07) is 13.7. The molecule has 1 fully saturated rings. The fourth-order valence-electron chi connectivity index (χ4n) is 4.73. The van der Waals surface area contributed by atoms with Crippen LogP contribution in [0.4, 0.5) is 0 Å². The van der Waals surface area contributed by atoms with Gasteiger partial charge in [0.05, 0.1) is 16.6 Å². The third-order valence-corrected chi connectivity index (χ3v) is 6.83. The van der Waals surface area contributed by atoms with Gasteiger partial charge < -0.3 is 15.2 Å². The second kappa shape index (κ2) is 7.99. The van der Waals surface area contributed by atoms with Crippen LogP contribution >= 0.6 is 0 Å². The Morgan fingerprint density at radius 3 is 2.58 bits per heavy atom. The van der Waals surface area contributed by atoms with E-state index in [9.17, 15) is 9.59 Å². The molecular weight excluding hydrogens is 414 g/mol. The zero-order valence-electron chi connectivity index (χ0n) is 19.0. The molecule has 2 aromatic heterocycles. The Kier molecular flexibility index (Phi) is 5.12. The van der Waals surface area contributed by atoms with Gasteiger partial charge >= 0.3 is 0 Å². The molecule has 33 heavy (non-hydrogen) atoms. The molecule has 1 aliphatic rings. The lowest BCUT2D eigenvalue weighted by molar-refractivity contribution is -0.139. The number of primary amides is 1. The van der Waals surface area contributed by atoms with E-state index in [1.54, 1.807) is 17.0 Å². The minimum Gasteiger partial charge on any atom is -0.366 e. The molecule has 0 saturated heterocycles. The number of amides is 2. The molecule has 168 valence electrons. The number of carbonyl (C=O) groups excluding carboxylic acids is 2. The topological polar surface area (TPSA) is 94.1 Å². The highest BCUT2D eigenvalue weighted by Crippen LogP contribution is 2.44. The van der Waals surface area contributed by atoms with Crippen molar-refractivity contribution in [2.24, 2.45) is 11.7 Å². The molecule has 0 spiro atoms. The van der Waals surface area contributed by atoms with Gasteiger partial charge in [0.25, 0.3) is 5.91 Å². The summed E-state index contributed by atoms with van der Waals surface area (Å²) in [5.41, 5.74) is 8.51. The van der Waals surface area contributed by atoms with Gasteiger partial charge in [0.2, 0.25) is 5.91 Å². The number of aromatic nitrogens is 3. The highest BCUT2D eigenvalue weighted by atomic mass is 16.2. The molecule has 1 saturated carbocycles. The van der Waals surface area contributed by atoms with Gasteiger partial charge in [-0.15, -0.1) is 0 Å². The van der Waals surface area contributed by atoms with Crippen molar-refractivity contribution in [1.29, 1.82) is 0 Å². The summed E-state index contributed by atoms with van der Waals surface area (Å²) in [4.78, 5) is 36.3. The molecule has 2 heterocycles. The molecule has 4 aromatic rings. The second-order valence-corrected chi connectivity index (χ2v) is 9.12. The van der Waals surface area contributed by atoms with Crippen molar-refractivity contribution in [2.75, 3.05) is 7.05 Å². The number of nitrogens with two attached hydrogens (primary N) is 1. The van der Waals surface area contributed by atoms with Crippen LogP contribution in [0.25, 0.3) is 33.2 Å². The number of hydrogen-bond donors (Lipinski definition) is 1. The van der Waals surface area contributed by atoms with E-state index in [0.717, 1.165) is 27.7 Å². The molecule has 0 unspecified atom stereocenters. The average molecular weight is 442 g/mol. The van der Waals surface area contributed by atoms with Gasteiger partial charge in [0, 0.05) is 48.4 Å². The fourth-order valence-corrected chi connectivity index (χ4v) is 4.73. The maximum atomic E-state index is 12.9. The number of pyridine rings is 1. The monoisotopic (exact) mass is 441 g/mol. The first-order valence-corrected chi connectivity index (χ1v) is 11.3. The van der Waals surface area contributed by atoms with Crippen LogP contribution in [-0.4, -0.2) is 44.3 Å². The Bertz CT molecular complexity index is 1380. The van der Waals surface area contributed by atoms with Crippen LogP contribution in [0.5, 0.6) is 0 Å². The van der Waals surface area contributed by atoms with Crippen LogP contribution in [-0.2, 0) is 4.79 Å². The van der Waals surface area contributed by atoms with E-state index in [1.807, 2.05) is 57.6 Å². The molecule has 0 atom stereocenters. The number of nitrogens with zero attached hydrogens (tertiary/aromatic N) is 4. The molecule has 2 N–H and O–H groups in total. The van der Waals surface area contributed by atoms with E-state index in [2.05, 4.69) is 15.6 Å². The lowest BCUT2D eigenvalue weighted by Gasteiger charge is -2.39. The van der Waals surface area contributed by atoms with E-state index >= 15 is 0 Å². The van der Waals surface area contributed by atoms with Gasteiger partial charge in [-0.1, -0.05) is 30.3 Å². The summed E-state index contributed by atoms with van der Waals surface area (Å²) >= 11 is 0. The molecule has 5 rings (SSSR count). The van der Waals surface area contributed by atoms with Crippen molar-refractivity contribution in [3.63, 3.8) is 0 Å². The smallest absolute Gasteiger partial charge is 0.250 e. The lowest BCUT2D eigenvalue weighted by atomic mass is 9.78. The summed E-state index contributed by atoms with van der Waals surface area (Å²) in [6.45, 7) is 4.03. The Morgan fingerprint density at radius 1 is 1.09 bits per heavy atom. The van der Waals surface area contributed by atoms with Crippen LogP contribution in [0, 0.1) is 5.92 Å². The van der Waals surface area contributed by atoms with Crippen molar-refractivity contribution in [3.8, 4) is 11.4 Å². The number of benzene rings is 2. The molecule has 7 heteroatoms. The van der Waals surface area contributed by atoms with Gasteiger partial charge in [0.1, 0.15) is 5.82 Å². The largest absolute Gasteiger partial charge is 0.366 e.